The van der Waals surface area contributed by atoms with E-state index in [4.69, 9.17) is 14.6 Å². The van der Waals surface area contributed by atoms with Crippen molar-refractivity contribution >= 4 is 23.6 Å². The molecule has 0 bridgehead atoms. The van der Waals surface area contributed by atoms with Crippen molar-refractivity contribution in [3.8, 4) is 5.75 Å². The Labute approximate surface area is 152 Å². The summed E-state index contributed by atoms with van der Waals surface area (Å²) in [6.45, 7) is 5.28. The van der Waals surface area contributed by atoms with Gasteiger partial charge in [-0.1, -0.05) is 0 Å². The standard InChI is InChI=1S/C18H25NO5S/c1-12-8-14(9-13(2)16(12)24-10-15(20)21)17(22)19-11-18(25-3)4-6-23-7-5-18/h8-9H,4-7,10-11H2,1-3H3,(H,19,22)(H,20,21). The molecule has 1 saturated heterocycles. The lowest BCUT2D eigenvalue weighted by molar-refractivity contribution is -0.139. The third-order valence-electron chi connectivity index (χ3n) is 4.47. The maximum absolute atomic E-state index is 12.5. The number of carbonyl (C=O) groups is 2. The maximum Gasteiger partial charge on any atom is 0.341 e. The van der Waals surface area contributed by atoms with E-state index >= 15 is 0 Å². The first-order chi connectivity index (χ1) is 11.9. The fraction of sp³-hybridized carbons (Fsp3) is 0.556. The molecule has 1 aromatic rings. The maximum atomic E-state index is 12.5. The number of nitrogens with one attached hydrogen (secondary N) is 1. The Balaban J connectivity index is 2.05. The summed E-state index contributed by atoms with van der Waals surface area (Å²) in [6.07, 6.45) is 3.92. The molecule has 1 aromatic carbocycles. The molecule has 0 radical (unpaired) electrons. The van der Waals surface area contributed by atoms with Crippen LogP contribution < -0.4 is 10.1 Å². The third kappa shape index (κ3) is 5.12. The van der Waals surface area contributed by atoms with Gasteiger partial charge in [-0.3, -0.25) is 4.79 Å². The second-order valence-electron chi connectivity index (χ2n) is 6.30. The molecule has 2 N–H and O–H groups in total. The van der Waals surface area contributed by atoms with Crippen LogP contribution in [0.3, 0.4) is 0 Å². The Kier molecular flexibility index (Phi) is 6.72. The van der Waals surface area contributed by atoms with Gasteiger partial charge < -0.3 is 19.9 Å². The predicted molar refractivity (Wildman–Crippen MR) is 97.7 cm³/mol. The highest BCUT2D eigenvalue weighted by Gasteiger charge is 2.32. The van der Waals surface area contributed by atoms with Crippen LogP contribution in [0.2, 0.25) is 0 Å². The van der Waals surface area contributed by atoms with Crippen LogP contribution in [0.5, 0.6) is 5.75 Å². The number of amides is 1. The minimum atomic E-state index is -1.03. The number of hydrogen-bond acceptors (Lipinski definition) is 5. The van der Waals surface area contributed by atoms with Crippen molar-refractivity contribution in [2.75, 3.05) is 32.6 Å². The lowest BCUT2D eigenvalue weighted by Crippen LogP contribution is -2.44. The molecule has 25 heavy (non-hydrogen) atoms. The molecule has 0 atom stereocenters. The van der Waals surface area contributed by atoms with Gasteiger partial charge in [0.2, 0.25) is 0 Å². The van der Waals surface area contributed by atoms with Gasteiger partial charge in [0.05, 0.1) is 0 Å². The molecule has 0 unspecified atom stereocenters. The van der Waals surface area contributed by atoms with Gasteiger partial charge >= 0.3 is 5.97 Å². The smallest absolute Gasteiger partial charge is 0.341 e. The van der Waals surface area contributed by atoms with Gasteiger partial charge in [0, 0.05) is 30.1 Å². The van der Waals surface area contributed by atoms with Crippen LogP contribution in [0.15, 0.2) is 12.1 Å². The van der Waals surface area contributed by atoms with Crippen LogP contribution in [-0.2, 0) is 9.53 Å². The zero-order valence-corrected chi connectivity index (χ0v) is 15.7. The minimum Gasteiger partial charge on any atom is -0.481 e. The topological polar surface area (TPSA) is 84.9 Å². The van der Waals surface area contributed by atoms with Crippen molar-refractivity contribution in [1.29, 1.82) is 0 Å². The van der Waals surface area contributed by atoms with Crippen LogP contribution in [0.4, 0.5) is 0 Å². The number of rotatable bonds is 7. The highest BCUT2D eigenvalue weighted by Crippen LogP contribution is 2.33. The molecule has 2 rings (SSSR count). The van der Waals surface area contributed by atoms with Gasteiger partial charge in [-0.2, -0.15) is 11.8 Å². The molecule has 0 aliphatic carbocycles. The Hall–Kier alpha value is -1.73. The Bertz CT molecular complexity index is 617. The molecule has 1 heterocycles. The van der Waals surface area contributed by atoms with E-state index in [2.05, 4.69) is 11.6 Å². The quantitative estimate of drug-likeness (QED) is 0.770. The van der Waals surface area contributed by atoms with E-state index in [9.17, 15) is 9.59 Å². The summed E-state index contributed by atoms with van der Waals surface area (Å²) in [5.41, 5.74) is 2.05. The molecule has 1 aliphatic rings. The molecule has 0 spiro atoms. The fourth-order valence-electron chi connectivity index (χ4n) is 2.98. The highest BCUT2D eigenvalue weighted by atomic mass is 32.2. The fourth-order valence-corrected chi connectivity index (χ4v) is 3.77. The van der Waals surface area contributed by atoms with E-state index < -0.39 is 12.6 Å². The van der Waals surface area contributed by atoms with E-state index in [-0.39, 0.29) is 10.7 Å². The first-order valence-electron chi connectivity index (χ1n) is 8.24. The van der Waals surface area contributed by atoms with Crippen LogP contribution >= 0.6 is 11.8 Å². The number of aryl methyl sites for hydroxylation is 2. The third-order valence-corrected chi connectivity index (χ3v) is 5.89. The number of carboxylic acid groups (broad SMARTS) is 1. The van der Waals surface area contributed by atoms with Gasteiger partial charge in [-0.25, -0.2) is 4.79 Å². The van der Waals surface area contributed by atoms with Crippen molar-refractivity contribution < 1.29 is 24.2 Å². The summed E-state index contributed by atoms with van der Waals surface area (Å²) in [6, 6.07) is 3.46. The van der Waals surface area contributed by atoms with Crippen molar-refractivity contribution in [2.45, 2.75) is 31.4 Å². The summed E-state index contributed by atoms with van der Waals surface area (Å²) in [7, 11) is 0. The molecule has 6 nitrogen and oxygen atoms in total. The van der Waals surface area contributed by atoms with Gasteiger partial charge in [-0.15, -0.1) is 0 Å². The molecule has 1 amide bonds. The first-order valence-corrected chi connectivity index (χ1v) is 9.46. The zero-order chi connectivity index (χ0) is 18.4. The molecule has 0 aromatic heterocycles. The number of carboxylic acids is 1. The summed E-state index contributed by atoms with van der Waals surface area (Å²) in [5, 5.41) is 11.8. The molecule has 7 heteroatoms. The normalized spacial score (nSPS) is 16.3. The summed E-state index contributed by atoms with van der Waals surface area (Å²) in [5.74, 6) is -0.640. The van der Waals surface area contributed by atoms with Crippen molar-refractivity contribution in [2.24, 2.45) is 0 Å². The Morgan fingerprint density at radius 3 is 2.40 bits per heavy atom. The average Bonchev–Trinajstić information content (AvgIpc) is 2.59. The lowest BCUT2D eigenvalue weighted by atomic mass is 9.98. The van der Waals surface area contributed by atoms with E-state index in [1.54, 1.807) is 23.9 Å². The minimum absolute atomic E-state index is 0.0303. The second-order valence-corrected chi connectivity index (χ2v) is 7.58. The molecular formula is C18H25NO5S. The number of aliphatic carboxylic acids is 1. The van der Waals surface area contributed by atoms with Crippen LogP contribution in [0, 0.1) is 13.8 Å². The van der Waals surface area contributed by atoms with Crippen LogP contribution in [0.1, 0.15) is 34.3 Å². The van der Waals surface area contributed by atoms with Gasteiger partial charge in [0.25, 0.3) is 5.91 Å². The predicted octanol–water partition coefficient (Wildman–Crippen LogP) is 2.41. The first kappa shape index (κ1) is 19.6. The number of benzene rings is 1. The SMILES string of the molecule is CSC1(CNC(=O)c2cc(C)c(OCC(=O)O)c(C)c2)CCOCC1. The molecule has 1 aliphatic heterocycles. The summed E-state index contributed by atoms with van der Waals surface area (Å²) >= 11 is 1.78. The second kappa shape index (κ2) is 8.58. The zero-order valence-electron chi connectivity index (χ0n) is 14.9. The van der Waals surface area contributed by atoms with E-state index in [1.165, 1.54) is 0 Å². The summed E-state index contributed by atoms with van der Waals surface area (Å²) < 4.78 is 10.8. The monoisotopic (exact) mass is 367 g/mol. The molecule has 1 fully saturated rings. The summed E-state index contributed by atoms with van der Waals surface area (Å²) in [4.78, 5) is 23.2. The number of thioether (sulfide) groups is 1. The van der Waals surface area contributed by atoms with Gasteiger partial charge in [0.15, 0.2) is 6.61 Å². The number of ether oxygens (including phenoxy) is 2. The van der Waals surface area contributed by atoms with Crippen LogP contribution in [0.25, 0.3) is 0 Å². The Morgan fingerprint density at radius 2 is 1.88 bits per heavy atom. The van der Waals surface area contributed by atoms with E-state index in [0.717, 1.165) is 37.2 Å². The van der Waals surface area contributed by atoms with Gasteiger partial charge in [0.1, 0.15) is 5.75 Å². The number of hydrogen-bond donors (Lipinski definition) is 2. The average molecular weight is 367 g/mol. The van der Waals surface area contributed by atoms with Gasteiger partial charge in [-0.05, 0) is 56.2 Å². The van der Waals surface area contributed by atoms with E-state index in [0.29, 0.717) is 17.9 Å². The van der Waals surface area contributed by atoms with E-state index in [1.807, 2.05) is 13.8 Å². The number of carbonyl (C=O) groups excluding carboxylic acids is 1. The highest BCUT2D eigenvalue weighted by molar-refractivity contribution is 8.00. The molecule has 138 valence electrons. The Morgan fingerprint density at radius 1 is 1.28 bits per heavy atom. The van der Waals surface area contributed by atoms with Crippen LogP contribution in [-0.4, -0.2) is 54.4 Å². The van der Waals surface area contributed by atoms with Crippen molar-refractivity contribution in [1.82, 2.24) is 5.32 Å². The molecule has 0 saturated carbocycles. The van der Waals surface area contributed by atoms with Crippen molar-refractivity contribution in [3.63, 3.8) is 0 Å². The lowest BCUT2D eigenvalue weighted by Gasteiger charge is -2.35. The molecular weight excluding hydrogens is 342 g/mol. The largest absolute Gasteiger partial charge is 0.481 e. The van der Waals surface area contributed by atoms with Crippen molar-refractivity contribution in [3.05, 3.63) is 28.8 Å².